The Labute approximate surface area is 202 Å². The number of carbonyl (C=O) groups is 2. The van der Waals surface area contributed by atoms with Crippen LogP contribution < -0.4 is 10.2 Å². The number of hydrogen-bond donors (Lipinski definition) is 2. The van der Waals surface area contributed by atoms with Crippen molar-refractivity contribution in [3.05, 3.63) is 100 Å². The summed E-state index contributed by atoms with van der Waals surface area (Å²) in [6.07, 6.45) is -0.502. The van der Waals surface area contributed by atoms with Crippen LogP contribution >= 0.6 is 11.3 Å². The van der Waals surface area contributed by atoms with Crippen molar-refractivity contribution in [3.8, 4) is 11.1 Å². The molecule has 0 bridgehead atoms. The zero-order valence-corrected chi connectivity index (χ0v) is 19.8. The predicted octanol–water partition coefficient (Wildman–Crippen LogP) is 6.41. The number of carboxylic acid groups (broad SMARTS) is 1. The van der Waals surface area contributed by atoms with Crippen LogP contribution in [0.3, 0.4) is 0 Å². The summed E-state index contributed by atoms with van der Waals surface area (Å²) in [4.78, 5) is 30.4. The number of amides is 2. The fourth-order valence-electron chi connectivity index (χ4n) is 3.68. The molecular weight excluding hydrogens is 446 g/mol. The Morgan fingerprint density at radius 1 is 0.971 bits per heavy atom. The van der Waals surface area contributed by atoms with Crippen LogP contribution in [0.25, 0.3) is 11.1 Å². The Hall–Kier alpha value is -3.97. The number of benzene rings is 3. The number of hydrogen-bond acceptors (Lipinski definition) is 4. The standard InChI is InChI=1S/C27H25N3O3S/c1-18-3-6-20(7-4-18)24-12-5-19(2)15-25(24)26(31)29-21-8-10-23(11-9-21)30(27(32)33)14-13-22-16-34-17-28-22/h3-12,15-17H,13-14H2,1-2H3,(H,29,31)(H,32,33). The fourth-order valence-corrected chi connectivity index (χ4v) is 4.27. The summed E-state index contributed by atoms with van der Waals surface area (Å²) in [6.45, 7) is 4.28. The first-order valence-corrected chi connectivity index (χ1v) is 11.8. The first-order chi connectivity index (χ1) is 16.4. The quantitative estimate of drug-likeness (QED) is 0.326. The van der Waals surface area contributed by atoms with E-state index in [9.17, 15) is 14.7 Å². The molecule has 0 saturated heterocycles. The molecule has 2 amide bonds. The molecule has 7 heteroatoms. The minimum Gasteiger partial charge on any atom is -0.465 e. The number of nitrogens with zero attached hydrogens (tertiary/aromatic N) is 2. The Morgan fingerprint density at radius 2 is 1.68 bits per heavy atom. The fraction of sp³-hybridized carbons (Fsp3) is 0.148. The summed E-state index contributed by atoms with van der Waals surface area (Å²) in [7, 11) is 0. The van der Waals surface area contributed by atoms with Crippen molar-refractivity contribution in [1.82, 2.24) is 4.98 Å². The number of aromatic nitrogens is 1. The molecule has 1 aromatic heterocycles. The molecule has 0 unspecified atom stereocenters. The number of rotatable bonds is 7. The van der Waals surface area contributed by atoms with Crippen LogP contribution in [0.2, 0.25) is 0 Å². The van der Waals surface area contributed by atoms with Gasteiger partial charge in [0.05, 0.1) is 11.2 Å². The van der Waals surface area contributed by atoms with Gasteiger partial charge in [-0.2, -0.15) is 0 Å². The van der Waals surface area contributed by atoms with E-state index >= 15 is 0 Å². The van der Waals surface area contributed by atoms with Gasteiger partial charge in [0.1, 0.15) is 0 Å². The second-order valence-corrected chi connectivity index (χ2v) is 8.80. The number of thiazole rings is 1. The van der Waals surface area contributed by atoms with E-state index in [1.807, 2.05) is 61.7 Å². The van der Waals surface area contributed by atoms with E-state index in [-0.39, 0.29) is 5.91 Å². The van der Waals surface area contributed by atoms with Gasteiger partial charge in [-0.05, 0) is 55.3 Å². The lowest BCUT2D eigenvalue weighted by atomic mass is 9.96. The molecule has 0 atom stereocenters. The molecule has 6 nitrogen and oxygen atoms in total. The molecule has 4 rings (SSSR count). The van der Waals surface area contributed by atoms with Crippen LogP contribution in [-0.2, 0) is 6.42 Å². The summed E-state index contributed by atoms with van der Waals surface area (Å²) < 4.78 is 0. The highest BCUT2D eigenvalue weighted by Crippen LogP contribution is 2.27. The predicted molar refractivity (Wildman–Crippen MR) is 137 cm³/mol. The lowest BCUT2D eigenvalue weighted by molar-refractivity contribution is 0.102. The largest absolute Gasteiger partial charge is 0.465 e. The van der Waals surface area contributed by atoms with Gasteiger partial charge in [0.25, 0.3) is 5.91 Å². The van der Waals surface area contributed by atoms with Gasteiger partial charge < -0.3 is 10.4 Å². The van der Waals surface area contributed by atoms with Gasteiger partial charge in [-0.3, -0.25) is 9.69 Å². The molecule has 4 aromatic rings. The maximum Gasteiger partial charge on any atom is 0.411 e. The Bertz CT molecular complexity index is 1280. The Balaban J connectivity index is 1.51. The normalized spacial score (nSPS) is 10.6. The topological polar surface area (TPSA) is 82.5 Å². The minimum absolute atomic E-state index is 0.217. The third-order valence-electron chi connectivity index (χ3n) is 5.53. The second kappa shape index (κ2) is 10.3. The summed E-state index contributed by atoms with van der Waals surface area (Å²) in [5.41, 5.74) is 8.30. The van der Waals surface area contributed by atoms with Crippen LogP contribution in [0.1, 0.15) is 27.2 Å². The van der Waals surface area contributed by atoms with Gasteiger partial charge in [-0.1, -0.05) is 47.5 Å². The molecule has 0 aliphatic heterocycles. The second-order valence-electron chi connectivity index (χ2n) is 8.08. The zero-order chi connectivity index (χ0) is 24.1. The molecule has 34 heavy (non-hydrogen) atoms. The van der Waals surface area contributed by atoms with Gasteiger partial charge in [0, 0.05) is 35.3 Å². The monoisotopic (exact) mass is 471 g/mol. The number of aryl methyl sites for hydroxylation is 2. The van der Waals surface area contributed by atoms with E-state index in [2.05, 4.69) is 10.3 Å². The van der Waals surface area contributed by atoms with Crippen molar-refractivity contribution in [2.75, 3.05) is 16.8 Å². The van der Waals surface area contributed by atoms with Crippen molar-refractivity contribution < 1.29 is 14.7 Å². The van der Waals surface area contributed by atoms with Crippen LogP contribution in [0.5, 0.6) is 0 Å². The van der Waals surface area contributed by atoms with E-state index in [0.29, 0.717) is 29.9 Å². The van der Waals surface area contributed by atoms with Crippen molar-refractivity contribution >= 4 is 34.7 Å². The van der Waals surface area contributed by atoms with E-state index in [1.54, 1.807) is 29.8 Å². The van der Waals surface area contributed by atoms with Crippen molar-refractivity contribution in [2.45, 2.75) is 20.3 Å². The summed E-state index contributed by atoms with van der Waals surface area (Å²) in [6, 6.07) is 20.7. The van der Waals surface area contributed by atoms with Crippen LogP contribution in [0, 0.1) is 13.8 Å². The van der Waals surface area contributed by atoms with Crippen molar-refractivity contribution in [1.29, 1.82) is 0 Å². The third-order valence-corrected chi connectivity index (χ3v) is 6.16. The highest BCUT2D eigenvalue weighted by Gasteiger charge is 2.16. The smallest absolute Gasteiger partial charge is 0.411 e. The molecule has 1 heterocycles. The van der Waals surface area contributed by atoms with Gasteiger partial charge in [0.2, 0.25) is 0 Å². The third kappa shape index (κ3) is 5.50. The first kappa shape index (κ1) is 23.2. The van der Waals surface area contributed by atoms with Gasteiger partial charge in [0.15, 0.2) is 0 Å². The van der Waals surface area contributed by atoms with E-state index in [0.717, 1.165) is 27.9 Å². The molecule has 0 aliphatic rings. The van der Waals surface area contributed by atoms with E-state index in [1.165, 1.54) is 16.2 Å². The lowest BCUT2D eigenvalue weighted by Gasteiger charge is -2.19. The van der Waals surface area contributed by atoms with E-state index in [4.69, 9.17) is 0 Å². The maximum atomic E-state index is 13.2. The summed E-state index contributed by atoms with van der Waals surface area (Å²) in [5, 5.41) is 14.5. The lowest BCUT2D eigenvalue weighted by Crippen LogP contribution is -2.31. The number of nitrogens with one attached hydrogen (secondary N) is 1. The molecule has 2 N–H and O–H groups in total. The average Bonchev–Trinajstić information content (AvgIpc) is 3.34. The Kier molecular flexibility index (Phi) is 7.04. The zero-order valence-electron chi connectivity index (χ0n) is 19.0. The van der Waals surface area contributed by atoms with Crippen LogP contribution in [0.15, 0.2) is 77.6 Å². The van der Waals surface area contributed by atoms with Gasteiger partial charge in [-0.25, -0.2) is 9.78 Å². The van der Waals surface area contributed by atoms with Gasteiger partial charge in [-0.15, -0.1) is 11.3 Å². The molecule has 0 saturated carbocycles. The molecule has 0 fully saturated rings. The number of carbonyl (C=O) groups excluding carboxylic acids is 1. The van der Waals surface area contributed by atoms with E-state index < -0.39 is 6.09 Å². The van der Waals surface area contributed by atoms with Crippen molar-refractivity contribution in [2.24, 2.45) is 0 Å². The van der Waals surface area contributed by atoms with Crippen molar-refractivity contribution in [3.63, 3.8) is 0 Å². The molecular formula is C27H25N3O3S. The SMILES string of the molecule is Cc1ccc(-c2ccc(C)cc2C(=O)Nc2ccc(N(CCc3cscn3)C(=O)O)cc2)cc1. The van der Waals surface area contributed by atoms with Crippen LogP contribution in [-0.4, -0.2) is 28.6 Å². The van der Waals surface area contributed by atoms with Gasteiger partial charge >= 0.3 is 6.09 Å². The first-order valence-electron chi connectivity index (χ1n) is 10.9. The number of anilines is 2. The Morgan fingerprint density at radius 3 is 2.32 bits per heavy atom. The summed E-state index contributed by atoms with van der Waals surface area (Å²) in [5.74, 6) is -0.217. The highest BCUT2D eigenvalue weighted by molar-refractivity contribution is 7.07. The molecule has 0 aliphatic carbocycles. The summed E-state index contributed by atoms with van der Waals surface area (Å²) >= 11 is 1.48. The highest BCUT2D eigenvalue weighted by atomic mass is 32.1. The molecule has 0 spiro atoms. The molecule has 172 valence electrons. The molecule has 0 radical (unpaired) electrons. The van der Waals surface area contributed by atoms with Crippen LogP contribution in [0.4, 0.5) is 16.2 Å². The molecule has 3 aromatic carbocycles. The average molecular weight is 472 g/mol. The minimum atomic E-state index is -1.03. The maximum absolute atomic E-state index is 13.2.